The molecule has 0 aromatic rings. The fourth-order valence-electron chi connectivity index (χ4n) is 0.451. The summed E-state index contributed by atoms with van der Waals surface area (Å²) >= 11 is 0. The molecule has 0 fully saturated rings. The fraction of sp³-hybridized carbons (Fsp3) is 0.857. The normalized spacial score (nSPS) is 8.40. The fourth-order valence-corrected chi connectivity index (χ4v) is 0.451. The van der Waals surface area contributed by atoms with Crippen molar-refractivity contribution in [3.63, 3.8) is 0 Å². The first-order chi connectivity index (χ1) is 6.65. The van der Waals surface area contributed by atoms with E-state index in [0.29, 0.717) is 26.4 Å². The second-order valence-corrected chi connectivity index (χ2v) is 2.13. The minimum atomic E-state index is -0.333. The van der Waals surface area contributed by atoms with E-state index in [1.807, 2.05) is 0 Å². The third-order valence-corrected chi connectivity index (χ3v) is 0.843. The Bertz CT molecular complexity index is 117. The zero-order chi connectivity index (χ0) is 11.2. The molecule has 7 N–H and O–H groups in total. The largest absolute Gasteiger partial charge is 0.394 e. The van der Waals surface area contributed by atoms with E-state index >= 15 is 0 Å². The van der Waals surface area contributed by atoms with Crippen LogP contribution in [0.4, 0.5) is 0 Å². The Morgan fingerprint density at radius 1 is 0.933 bits per heavy atom. The molecule has 0 aliphatic heterocycles. The highest BCUT2D eigenvalue weighted by Crippen LogP contribution is 1.76. The summed E-state index contributed by atoms with van der Waals surface area (Å²) in [6.07, 6.45) is 0. The number of aliphatic hydroxyl groups is 2. The van der Waals surface area contributed by atoms with Crippen molar-refractivity contribution in [1.82, 2.24) is 0 Å². The molecule has 0 unspecified atom stereocenters. The summed E-state index contributed by atoms with van der Waals surface area (Å²) in [7, 11) is 0. The zero-order valence-electron chi connectivity index (χ0n) is 8.52. The number of aliphatic hydroxyl groups excluding tert-OH is 2. The summed E-state index contributed by atoms with van der Waals surface area (Å²) in [5.74, 6) is -0.333. The molecule has 0 aliphatic rings. The van der Waals surface area contributed by atoms with Gasteiger partial charge < -0.3 is 31.2 Å². The molecule has 0 radical (unpaired) electrons. The Morgan fingerprint density at radius 3 is 1.40 bits per heavy atom. The minimum absolute atomic E-state index is 0. The van der Waals surface area contributed by atoms with E-state index in [2.05, 4.69) is 11.5 Å². The van der Waals surface area contributed by atoms with Crippen LogP contribution in [0.25, 0.3) is 0 Å². The Morgan fingerprint density at radius 2 is 1.20 bits per heavy atom. The molecule has 0 bridgehead atoms. The third kappa shape index (κ3) is 42.5. The summed E-state index contributed by atoms with van der Waals surface area (Å²) in [6.45, 7) is 1.73. The molecule has 15 heavy (non-hydrogen) atoms. The van der Waals surface area contributed by atoms with Gasteiger partial charge in [-0.25, -0.2) is 0 Å². The van der Waals surface area contributed by atoms with Gasteiger partial charge in [-0.1, -0.05) is 0 Å². The van der Waals surface area contributed by atoms with Gasteiger partial charge >= 0.3 is 0 Å². The number of hydrogen-bond donors (Lipinski definition) is 5. The minimum Gasteiger partial charge on any atom is -0.394 e. The second-order valence-electron chi connectivity index (χ2n) is 2.13. The summed E-state index contributed by atoms with van der Waals surface area (Å²) in [6, 6.07) is 0. The van der Waals surface area contributed by atoms with Gasteiger partial charge in [0.25, 0.3) is 0 Å². The summed E-state index contributed by atoms with van der Waals surface area (Å²) < 4.78 is 9.75. The molecule has 0 saturated carbocycles. The van der Waals surface area contributed by atoms with E-state index in [1.165, 1.54) is 0 Å². The molecular formula is C7H20ClN3O4. The monoisotopic (exact) mass is 245 g/mol. The van der Waals surface area contributed by atoms with Crippen LogP contribution in [0.5, 0.6) is 0 Å². The first-order valence-corrected chi connectivity index (χ1v) is 4.11. The Kier molecular flexibility index (Phi) is 25.3. The van der Waals surface area contributed by atoms with Crippen molar-refractivity contribution < 1.29 is 19.7 Å². The SMILES string of the molecule is Cl.N=C(N)N.OCCOCCOCCO. The Hall–Kier alpha value is -0.600. The third-order valence-electron chi connectivity index (χ3n) is 0.843. The van der Waals surface area contributed by atoms with Gasteiger partial charge in [0.2, 0.25) is 0 Å². The highest BCUT2D eigenvalue weighted by Gasteiger charge is 1.86. The van der Waals surface area contributed by atoms with Gasteiger partial charge in [0.05, 0.1) is 39.6 Å². The average Bonchev–Trinajstić information content (AvgIpc) is 2.10. The number of guanidine groups is 1. The smallest absolute Gasteiger partial charge is 0.183 e. The standard InChI is InChI=1S/C6H14O4.CH5N3.ClH/c7-1-3-9-5-6-10-4-2-8;2-1(3)4;/h7-8H,1-6H2;(H5,2,3,4);1H. The molecular weight excluding hydrogens is 226 g/mol. The van der Waals surface area contributed by atoms with Crippen LogP contribution >= 0.6 is 12.4 Å². The predicted molar refractivity (Wildman–Crippen MR) is 59.2 cm³/mol. The molecule has 0 aliphatic carbocycles. The van der Waals surface area contributed by atoms with Crippen LogP contribution in [0.2, 0.25) is 0 Å². The van der Waals surface area contributed by atoms with Crippen LogP contribution in [0.3, 0.4) is 0 Å². The van der Waals surface area contributed by atoms with Crippen LogP contribution in [0.1, 0.15) is 0 Å². The van der Waals surface area contributed by atoms with Gasteiger partial charge in [0.15, 0.2) is 5.96 Å². The maximum Gasteiger partial charge on any atom is 0.183 e. The molecule has 94 valence electrons. The highest BCUT2D eigenvalue weighted by molar-refractivity contribution is 5.85. The van der Waals surface area contributed by atoms with Crippen molar-refractivity contribution in [1.29, 1.82) is 5.41 Å². The molecule has 0 heterocycles. The van der Waals surface area contributed by atoms with Gasteiger partial charge in [0.1, 0.15) is 0 Å². The maximum absolute atomic E-state index is 8.26. The van der Waals surface area contributed by atoms with Crippen molar-refractivity contribution in [2.45, 2.75) is 0 Å². The Labute approximate surface area is 95.3 Å². The molecule has 7 nitrogen and oxygen atoms in total. The van der Waals surface area contributed by atoms with Gasteiger partial charge in [0, 0.05) is 0 Å². The lowest BCUT2D eigenvalue weighted by atomic mass is 10.7. The van der Waals surface area contributed by atoms with Crippen LogP contribution in [0.15, 0.2) is 0 Å². The van der Waals surface area contributed by atoms with Crippen molar-refractivity contribution >= 4 is 18.4 Å². The molecule has 0 aromatic heterocycles. The summed E-state index contributed by atoms with van der Waals surface area (Å²) in [4.78, 5) is 0. The van der Waals surface area contributed by atoms with E-state index < -0.39 is 0 Å². The summed E-state index contributed by atoms with van der Waals surface area (Å²) in [5.41, 5.74) is 8.94. The summed E-state index contributed by atoms with van der Waals surface area (Å²) in [5, 5.41) is 22.6. The molecule has 0 amide bonds. The van der Waals surface area contributed by atoms with Crippen molar-refractivity contribution in [2.24, 2.45) is 11.5 Å². The molecule has 0 saturated heterocycles. The number of rotatable bonds is 7. The van der Waals surface area contributed by atoms with Crippen molar-refractivity contribution in [2.75, 3.05) is 39.6 Å². The topological polar surface area (TPSA) is 135 Å². The lowest BCUT2D eigenvalue weighted by molar-refractivity contribution is 0.0222. The molecule has 8 heteroatoms. The maximum atomic E-state index is 8.26. The number of halogens is 1. The van der Waals surface area contributed by atoms with Gasteiger partial charge in [-0.2, -0.15) is 0 Å². The van der Waals surface area contributed by atoms with E-state index in [4.69, 9.17) is 25.1 Å². The van der Waals surface area contributed by atoms with Crippen molar-refractivity contribution in [3.8, 4) is 0 Å². The molecule has 0 atom stereocenters. The lowest BCUT2D eigenvalue weighted by Crippen LogP contribution is -2.20. The van der Waals surface area contributed by atoms with Crippen LogP contribution < -0.4 is 11.5 Å². The quantitative estimate of drug-likeness (QED) is 0.205. The van der Waals surface area contributed by atoms with E-state index in [1.54, 1.807) is 0 Å². The average molecular weight is 246 g/mol. The van der Waals surface area contributed by atoms with Crippen LogP contribution in [0, 0.1) is 5.41 Å². The molecule has 0 rings (SSSR count). The number of nitrogens with two attached hydrogens (primary N) is 2. The van der Waals surface area contributed by atoms with Crippen LogP contribution in [-0.4, -0.2) is 55.8 Å². The highest BCUT2D eigenvalue weighted by atomic mass is 35.5. The molecule has 0 aromatic carbocycles. The lowest BCUT2D eigenvalue weighted by Gasteiger charge is -2.01. The zero-order valence-corrected chi connectivity index (χ0v) is 9.33. The molecule has 0 spiro atoms. The number of nitrogens with one attached hydrogen (secondary N) is 1. The number of hydrogen-bond acceptors (Lipinski definition) is 5. The van der Waals surface area contributed by atoms with E-state index in [-0.39, 0.29) is 31.6 Å². The van der Waals surface area contributed by atoms with Crippen molar-refractivity contribution in [3.05, 3.63) is 0 Å². The van der Waals surface area contributed by atoms with Gasteiger partial charge in [-0.3, -0.25) is 5.41 Å². The first-order valence-electron chi connectivity index (χ1n) is 4.11. The van der Waals surface area contributed by atoms with Gasteiger partial charge in [-0.05, 0) is 0 Å². The second kappa shape index (κ2) is 19.0. The number of ether oxygens (including phenoxy) is 2. The van der Waals surface area contributed by atoms with Gasteiger partial charge in [-0.15, -0.1) is 12.4 Å². The predicted octanol–water partition coefficient (Wildman–Crippen LogP) is -1.74. The van der Waals surface area contributed by atoms with E-state index in [9.17, 15) is 0 Å². The van der Waals surface area contributed by atoms with Crippen LogP contribution in [-0.2, 0) is 9.47 Å². The van der Waals surface area contributed by atoms with E-state index in [0.717, 1.165) is 0 Å². The first kappa shape index (κ1) is 19.9. The Balaban J connectivity index is -0.000000249.